The number of carbonyl (C=O) groups excluding carboxylic acids is 1. The summed E-state index contributed by atoms with van der Waals surface area (Å²) in [4.78, 5) is 11.7. The second-order valence-electron chi connectivity index (χ2n) is 6.81. The highest BCUT2D eigenvalue weighted by atomic mass is 19.1. The molecule has 0 spiro atoms. The van der Waals surface area contributed by atoms with Crippen LogP contribution in [0.5, 0.6) is 0 Å². The number of hydrogen-bond acceptors (Lipinski definition) is 3. The van der Waals surface area contributed by atoms with Crippen LogP contribution in [0.2, 0.25) is 0 Å². The molecular weight excluding hydrogens is 319 g/mol. The van der Waals surface area contributed by atoms with Gasteiger partial charge in [0.05, 0.1) is 24.7 Å². The maximum Gasteiger partial charge on any atom is 0.330 e. The predicted octanol–water partition coefficient (Wildman–Crippen LogP) is 3.85. The molecule has 2 aliphatic rings. The molecule has 1 fully saturated rings. The number of nitrogens with zero attached hydrogens (tertiary/aromatic N) is 2. The smallest absolute Gasteiger partial charge is 0.330 e. The van der Waals surface area contributed by atoms with Gasteiger partial charge in [-0.2, -0.15) is 5.10 Å². The van der Waals surface area contributed by atoms with Crippen LogP contribution < -0.4 is 0 Å². The van der Waals surface area contributed by atoms with Crippen molar-refractivity contribution in [3.05, 3.63) is 64.8 Å². The van der Waals surface area contributed by atoms with Gasteiger partial charge in [0.2, 0.25) is 0 Å². The van der Waals surface area contributed by atoms with Gasteiger partial charge in [0.15, 0.2) is 0 Å². The van der Waals surface area contributed by atoms with Crippen molar-refractivity contribution in [1.29, 1.82) is 0 Å². The van der Waals surface area contributed by atoms with Gasteiger partial charge in [0.25, 0.3) is 0 Å². The van der Waals surface area contributed by atoms with Crippen molar-refractivity contribution in [2.45, 2.75) is 26.2 Å². The largest absolute Gasteiger partial charge is 0.466 e. The lowest BCUT2D eigenvalue weighted by Crippen LogP contribution is -2.24. The minimum absolute atomic E-state index is 0.155. The van der Waals surface area contributed by atoms with E-state index in [1.807, 2.05) is 10.9 Å². The fraction of sp³-hybridized carbons (Fsp3) is 0.300. The van der Waals surface area contributed by atoms with E-state index in [0.29, 0.717) is 0 Å². The molecular formula is C20H19FN2O2. The molecule has 0 unspecified atom stereocenters. The minimum Gasteiger partial charge on any atom is -0.466 e. The number of benzene rings is 1. The van der Waals surface area contributed by atoms with E-state index < -0.39 is 0 Å². The molecule has 5 heteroatoms. The first kappa shape index (κ1) is 15.8. The third kappa shape index (κ3) is 2.51. The zero-order chi connectivity index (χ0) is 17.6. The number of halogens is 1. The lowest BCUT2D eigenvalue weighted by molar-refractivity contribution is -0.134. The fourth-order valence-electron chi connectivity index (χ4n) is 3.93. The summed E-state index contributed by atoms with van der Waals surface area (Å²) >= 11 is 0. The van der Waals surface area contributed by atoms with Crippen molar-refractivity contribution in [3.63, 3.8) is 0 Å². The quantitative estimate of drug-likeness (QED) is 0.617. The standard InChI is InChI=1S/C20H19FN2O2/c1-20-11-13-12-22-23(17-7-5-16(21)6-8-17)18(13)9-14(20)3-4-15(20)10-19(24)25-2/h5-10,12H,3-4,11H2,1-2H3/t20-/m0/s1. The monoisotopic (exact) mass is 338 g/mol. The number of hydrogen-bond donors (Lipinski definition) is 0. The highest BCUT2D eigenvalue weighted by molar-refractivity contribution is 5.83. The lowest BCUT2D eigenvalue weighted by Gasteiger charge is -2.31. The maximum atomic E-state index is 13.2. The predicted molar refractivity (Wildman–Crippen MR) is 92.6 cm³/mol. The van der Waals surface area contributed by atoms with Crippen LogP contribution in [0.1, 0.15) is 31.0 Å². The summed E-state index contributed by atoms with van der Waals surface area (Å²) in [5, 5.41) is 4.50. The molecule has 1 aromatic carbocycles. The Balaban J connectivity index is 1.75. The van der Waals surface area contributed by atoms with Crippen molar-refractivity contribution in [2.75, 3.05) is 7.11 Å². The van der Waals surface area contributed by atoms with Crippen LogP contribution in [-0.4, -0.2) is 22.9 Å². The summed E-state index contributed by atoms with van der Waals surface area (Å²) < 4.78 is 19.8. The SMILES string of the molecule is COC(=O)C=C1CCC2=Cc3c(cnn3-c3ccc(F)cc3)C[C@]12C. The Morgan fingerprint density at radius 2 is 2.08 bits per heavy atom. The highest BCUT2D eigenvalue weighted by Gasteiger charge is 2.42. The molecule has 0 amide bonds. The molecule has 0 radical (unpaired) electrons. The summed E-state index contributed by atoms with van der Waals surface area (Å²) in [6.45, 7) is 2.18. The number of esters is 1. The Hall–Kier alpha value is -2.69. The van der Waals surface area contributed by atoms with Crippen molar-refractivity contribution >= 4 is 12.0 Å². The van der Waals surface area contributed by atoms with Gasteiger partial charge in [-0.1, -0.05) is 18.1 Å². The molecule has 0 saturated heterocycles. The first-order valence-electron chi connectivity index (χ1n) is 8.34. The second-order valence-corrected chi connectivity index (χ2v) is 6.81. The van der Waals surface area contributed by atoms with E-state index in [9.17, 15) is 9.18 Å². The van der Waals surface area contributed by atoms with Gasteiger partial charge in [0.1, 0.15) is 5.82 Å². The Morgan fingerprint density at radius 1 is 1.32 bits per heavy atom. The summed E-state index contributed by atoms with van der Waals surface area (Å²) in [7, 11) is 1.40. The Labute approximate surface area is 145 Å². The van der Waals surface area contributed by atoms with Crippen LogP contribution in [0.15, 0.2) is 47.7 Å². The van der Waals surface area contributed by atoms with Crippen molar-refractivity contribution in [1.82, 2.24) is 9.78 Å². The van der Waals surface area contributed by atoms with Gasteiger partial charge >= 0.3 is 5.97 Å². The minimum atomic E-state index is -0.301. The molecule has 1 saturated carbocycles. The van der Waals surface area contributed by atoms with Gasteiger partial charge in [0, 0.05) is 11.5 Å². The molecule has 2 aromatic rings. The van der Waals surface area contributed by atoms with Crippen LogP contribution in [-0.2, 0) is 16.0 Å². The molecule has 0 N–H and O–H groups in total. The van der Waals surface area contributed by atoms with Crippen molar-refractivity contribution < 1.29 is 13.9 Å². The van der Waals surface area contributed by atoms with Crippen molar-refractivity contribution in [3.8, 4) is 5.69 Å². The summed E-state index contributed by atoms with van der Waals surface area (Å²) in [5.41, 5.74) is 5.28. The Bertz CT molecular complexity index is 908. The fourth-order valence-corrected chi connectivity index (χ4v) is 3.93. The topological polar surface area (TPSA) is 44.1 Å². The maximum absolute atomic E-state index is 13.2. The average molecular weight is 338 g/mol. The number of aromatic nitrogens is 2. The van der Waals surface area contributed by atoms with Crippen LogP contribution in [0.25, 0.3) is 11.8 Å². The highest BCUT2D eigenvalue weighted by Crippen LogP contribution is 2.52. The number of rotatable bonds is 2. The molecule has 2 aliphatic carbocycles. The number of ether oxygens (including phenoxy) is 1. The van der Waals surface area contributed by atoms with Gasteiger partial charge in [-0.15, -0.1) is 0 Å². The van der Waals surface area contributed by atoms with Crippen LogP contribution in [0.4, 0.5) is 4.39 Å². The number of allylic oxidation sites excluding steroid dienone is 2. The van der Waals surface area contributed by atoms with E-state index >= 15 is 0 Å². The van der Waals surface area contributed by atoms with Crippen LogP contribution in [0.3, 0.4) is 0 Å². The third-order valence-corrected chi connectivity index (χ3v) is 5.39. The number of fused-ring (bicyclic) bond motifs is 2. The zero-order valence-electron chi connectivity index (χ0n) is 14.3. The Morgan fingerprint density at radius 3 is 2.80 bits per heavy atom. The summed E-state index contributed by atoms with van der Waals surface area (Å²) in [5.74, 6) is -0.561. The molecule has 1 atom stereocenters. The van der Waals surface area contributed by atoms with E-state index in [1.54, 1.807) is 18.2 Å². The van der Waals surface area contributed by atoms with E-state index in [4.69, 9.17) is 4.74 Å². The molecule has 0 aliphatic heterocycles. The van der Waals surface area contributed by atoms with Gasteiger partial charge in [-0.3, -0.25) is 0 Å². The summed E-state index contributed by atoms with van der Waals surface area (Å²) in [6.07, 6.45) is 8.27. The second kappa shape index (κ2) is 5.69. The molecule has 1 heterocycles. The van der Waals surface area contributed by atoms with E-state index in [1.165, 1.54) is 24.8 Å². The average Bonchev–Trinajstić information content (AvgIpc) is 3.14. The molecule has 0 bridgehead atoms. The van der Waals surface area contributed by atoms with Crippen LogP contribution in [0, 0.1) is 11.2 Å². The molecule has 4 nitrogen and oxygen atoms in total. The van der Waals surface area contributed by atoms with Crippen molar-refractivity contribution in [2.24, 2.45) is 5.41 Å². The normalized spacial score (nSPS) is 23.2. The molecule has 128 valence electrons. The lowest BCUT2D eigenvalue weighted by atomic mass is 9.72. The van der Waals surface area contributed by atoms with Gasteiger partial charge < -0.3 is 4.74 Å². The molecule has 1 aromatic heterocycles. The molecule has 4 rings (SSSR count). The third-order valence-electron chi connectivity index (χ3n) is 5.39. The van der Waals surface area contributed by atoms with E-state index in [-0.39, 0.29) is 17.2 Å². The number of carbonyl (C=O) groups is 1. The number of methoxy groups -OCH3 is 1. The van der Waals surface area contributed by atoms with E-state index in [2.05, 4.69) is 18.1 Å². The summed E-state index contributed by atoms with van der Waals surface area (Å²) in [6, 6.07) is 6.34. The van der Waals surface area contributed by atoms with Crippen LogP contribution >= 0.6 is 0 Å². The molecule has 25 heavy (non-hydrogen) atoms. The first-order valence-corrected chi connectivity index (χ1v) is 8.34. The first-order chi connectivity index (χ1) is 12.0. The zero-order valence-corrected chi connectivity index (χ0v) is 14.3. The Kier molecular flexibility index (Phi) is 3.60. The van der Waals surface area contributed by atoms with E-state index in [0.717, 1.165) is 41.8 Å². The van der Waals surface area contributed by atoms with Gasteiger partial charge in [-0.05, 0) is 55.2 Å². The van der Waals surface area contributed by atoms with Gasteiger partial charge in [-0.25, -0.2) is 13.9 Å².